The summed E-state index contributed by atoms with van der Waals surface area (Å²) in [7, 11) is 0. The molecule has 0 saturated heterocycles. The predicted octanol–water partition coefficient (Wildman–Crippen LogP) is 3.04. The lowest BCUT2D eigenvalue weighted by atomic mass is 10.1. The van der Waals surface area contributed by atoms with E-state index in [-0.39, 0.29) is 0 Å². The van der Waals surface area contributed by atoms with Crippen LogP contribution in [0.4, 0.5) is 0 Å². The van der Waals surface area contributed by atoms with Crippen LogP contribution in [-0.4, -0.2) is 19.6 Å². The first-order valence-corrected chi connectivity index (χ1v) is 7.23. The van der Waals surface area contributed by atoms with E-state index in [9.17, 15) is 5.11 Å². The molecule has 108 valence electrons. The summed E-state index contributed by atoms with van der Waals surface area (Å²) in [6.07, 6.45) is 1.65. The molecule has 0 aliphatic heterocycles. The SMILES string of the molecule is CCn1c(CC(O)c2ccc(C)nc2)nc2ccccc21. The van der Waals surface area contributed by atoms with Crippen LogP contribution < -0.4 is 0 Å². The van der Waals surface area contributed by atoms with Crippen LogP contribution in [0.15, 0.2) is 42.6 Å². The zero-order valence-electron chi connectivity index (χ0n) is 12.3. The molecule has 4 heteroatoms. The van der Waals surface area contributed by atoms with Crippen LogP contribution in [0, 0.1) is 6.92 Å². The second kappa shape index (κ2) is 5.66. The van der Waals surface area contributed by atoms with Crippen molar-refractivity contribution in [1.82, 2.24) is 14.5 Å². The van der Waals surface area contributed by atoms with Crippen molar-refractivity contribution in [1.29, 1.82) is 0 Å². The quantitative estimate of drug-likeness (QED) is 0.799. The van der Waals surface area contributed by atoms with E-state index in [1.54, 1.807) is 6.20 Å². The Labute approximate surface area is 124 Å². The van der Waals surface area contributed by atoms with E-state index in [0.29, 0.717) is 6.42 Å². The third-order valence-corrected chi connectivity index (χ3v) is 3.74. The summed E-state index contributed by atoms with van der Waals surface area (Å²) >= 11 is 0. The fourth-order valence-corrected chi connectivity index (χ4v) is 2.60. The van der Waals surface area contributed by atoms with E-state index in [1.165, 1.54) is 0 Å². The molecule has 0 saturated carbocycles. The molecular weight excluding hydrogens is 262 g/mol. The Kier molecular flexibility index (Phi) is 3.71. The van der Waals surface area contributed by atoms with Gasteiger partial charge in [0.25, 0.3) is 0 Å². The zero-order valence-corrected chi connectivity index (χ0v) is 12.3. The number of aryl methyl sites for hydroxylation is 2. The number of hydrogen-bond donors (Lipinski definition) is 1. The van der Waals surface area contributed by atoms with E-state index in [4.69, 9.17) is 0 Å². The van der Waals surface area contributed by atoms with E-state index < -0.39 is 6.10 Å². The van der Waals surface area contributed by atoms with Gasteiger partial charge in [0.2, 0.25) is 0 Å². The van der Waals surface area contributed by atoms with Gasteiger partial charge in [-0.25, -0.2) is 4.98 Å². The number of imidazole rings is 1. The van der Waals surface area contributed by atoms with Crippen molar-refractivity contribution in [2.24, 2.45) is 0 Å². The number of benzene rings is 1. The van der Waals surface area contributed by atoms with Gasteiger partial charge in [0.05, 0.1) is 17.1 Å². The Hall–Kier alpha value is -2.20. The van der Waals surface area contributed by atoms with Gasteiger partial charge in [-0.2, -0.15) is 0 Å². The van der Waals surface area contributed by atoms with Crippen molar-refractivity contribution in [3.8, 4) is 0 Å². The minimum Gasteiger partial charge on any atom is -0.388 e. The Balaban J connectivity index is 1.92. The molecule has 3 rings (SSSR count). The Morgan fingerprint density at radius 3 is 2.71 bits per heavy atom. The summed E-state index contributed by atoms with van der Waals surface area (Å²) in [5.41, 5.74) is 3.87. The van der Waals surface area contributed by atoms with E-state index in [2.05, 4.69) is 27.5 Å². The number of aliphatic hydroxyl groups is 1. The van der Waals surface area contributed by atoms with Gasteiger partial charge in [0.1, 0.15) is 5.82 Å². The molecule has 1 aromatic carbocycles. The number of aliphatic hydroxyl groups excluding tert-OH is 1. The Morgan fingerprint density at radius 2 is 2.00 bits per heavy atom. The minimum absolute atomic E-state index is 0.493. The average molecular weight is 281 g/mol. The van der Waals surface area contributed by atoms with Gasteiger partial charge in [-0.15, -0.1) is 0 Å². The highest BCUT2D eigenvalue weighted by molar-refractivity contribution is 5.75. The van der Waals surface area contributed by atoms with Gasteiger partial charge >= 0.3 is 0 Å². The number of fused-ring (bicyclic) bond motifs is 1. The highest BCUT2D eigenvalue weighted by atomic mass is 16.3. The normalized spacial score (nSPS) is 12.7. The number of rotatable bonds is 4. The number of aromatic nitrogens is 3. The molecule has 0 amide bonds. The highest BCUT2D eigenvalue weighted by Gasteiger charge is 2.15. The molecule has 21 heavy (non-hydrogen) atoms. The number of hydrogen-bond acceptors (Lipinski definition) is 3. The molecule has 0 spiro atoms. The summed E-state index contributed by atoms with van der Waals surface area (Å²) in [6.45, 7) is 4.87. The molecule has 2 heterocycles. The second-order valence-corrected chi connectivity index (χ2v) is 5.21. The molecule has 1 unspecified atom stereocenters. The van der Waals surface area contributed by atoms with Gasteiger partial charge in [0.15, 0.2) is 0 Å². The Bertz CT molecular complexity index is 746. The van der Waals surface area contributed by atoms with Crippen molar-refractivity contribution in [2.75, 3.05) is 0 Å². The number of nitrogens with zero attached hydrogens (tertiary/aromatic N) is 3. The van der Waals surface area contributed by atoms with Crippen LogP contribution in [0.5, 0.6) is 0 Å². The molecule has 2 aromatic heterocycles. The molecule has 1 N–H and O–H groups in total. The van der Waals surface area contributed by atoms with Crippen LogP contribution in [0.1, 0.15) is 30.1 Å². The van der Waals surface area contributed by atoms with E-state index in [0.717, 1.165) is 34.7 Å². The van der Waals surface area contributed by atoms with Crippen LogP contribution in [0.3, 0.4) is 0 Å². The largest absolute Gasteiger partial charge is 0.388 e. The fraction of sp³-hybridized carbons (Fsp3) is 0.294. The fourth-order valence-electron chi connectivity index (χ4n) is 2.60. The molecule has 0 bridgehead atoms. The molecule has 3 aromatic rings. The standard InChI is InChI=1S/C17H19N3O/c1-3-20-15-7-5-4-6-14(15)19-17(20)10-16(21)13-9-8-12(2)18-11-13/h4-9,11,16,21H,3,10H2,1-2H3. The zero-order chi connectivity index (χ0) is 14.8. The lowest BCUT2D eigenvalue weighted by Crippen LogP contribution is -2.09. The molecule has 0 aliphatic carbocycles. The molecule has 0 fully saturated rings. The number of pyridine rings is 1. The minimum atomic E-state index is -0.583. The van der Waals surface area contributed by atoms with Gasteiger partial charge in [0, 0.05) is 24.9 Å². The third-order valence-electron chi connectivity index (χ3n) is 3.74. The Morgan fingerprint density at radius 1 is 1.19 bits per heavy atom. The highest BCUT2D eigenvalue weighted by Crippen LogP contribution is 2.21. The van der Waals surface area contributed by atoms with Gasteiger partial charge < -0.3 is 9.67 Å². The van der Waals surface area contributed by atoms with Crippen molar-refractivity contribution in [3.05, 3.63) is 59.7 Å². The summed E-state index contributed by atoms with van der Waals surface area (Å²) in [5.74, 6) is 0.909. The topological polar surface area (TPSA) is 50.9 Å². The van der Waals surface area contributed by atoms with Crippen molar-refractivity contribution in [3.63, 3.8) is 0 Å². The van der Waals surface area contributed by atoms with Crippen LogP contribution in [0.25, 0.3) is 11.0 Å². The molecule has 4 nitrogen and oxygen atoms in total. The average Bonchev–Trinajstić information content (AvgIpc) is 2.84. The monoisotopic (exact) mass is 281 g/mol. The predicted molar refractivity (Wildman–Crippen MR) is 83.0 cm³/mol. The molecule has 0 aliphatic rings. The second-order valence-electron chi connectivity index (χ2n) is 5.21. The maximum atomic E-state index is 10.4. The van der Waals surface area contributed by atoms with Gasteiger partial charge in [-0.3, -0.25) is 4.98 Å². The summed E-state index contributed by atoms with van der Waals surface area (Å²) < 4.78 is 2.15. The third kappa shape index (κ3) is 2.67. The molecular formula is C17H19N3O. The summed E-state index contributed by atoms with van der Waals surface area (Å²) in [6, 6.07) is 11.9. The van der Waals surface area contributed by atoms with Crippen LogP contribution >= 0.6 is 0 Å². The van der Waals surface area contributed by atoms with E-state index in [1.807, 2.05) is 37.3 Å². The van der Waals surface area contributed by atoms with Gasteiger partial charge in [-0.05, 0) is 37.6 Å². The van der Waals surface area contributed by atoms with Crippen molar-refractivity contribution < 1.29 is 5.11 Å². The smallest absolute Gasteiger partial charge is 0.112 e. The molecule has 1 atom stereocenters. The van der Waals surface area contributed by atoms with Gasteiger partial charge in [-0.1, -0.05) is 18.2 Å². The van der Waals surface area contributed by atoms with E-state index >= 15 is 0 Å². The van der Waals surface area contributed by atoms with Crippen LogP contribution in [0.2, 0.25) is 0 Å². The first-order valence-electron chi connectivity index (χ1n) is 7.23. The maximum absolute atomic E-state index is 10.4. The first kappa shape index (κ1) is 13.8. The van der Waals surface area contributed by atoms with Crippen LogP contribution in [-0.2, 0) is 13.0 Å². The van der Waals surface area contributed by atoms with Crippen molar-refractivity contribution in [2.45, 2.75) is 32.9 Å². The number of para-hydroxylation sites is 2. The van der Waals surface area contributed by atoms with Crippen molar-refractivity contribution >= 4 is 11.0 Å². The first-order chi connectivity index (χ1) is 10.2. The lowest BCUT2D eigenvalue weighted by molar-refractivity contribution is 0.174. The summed E-state index contributed by atoms with van der Waals surface area (Å²) in [4.78, 5) is 8.89. The maximum Gasteiger partial charge on any atom is 0.112 e. The molecule has 0 radical (unpaired) electrons. The lowest BCUT2D eigenvalue weighted by Gasteiger charge is -2.12. The summed E-state index contributed by atoms with van der Waals surface area (Å²) in [5, 5.41) is 10.4.